The first-order valence-corrected chi connectivity index (χ1v) is 4.95. The van der Waals surface area contributed by atoms with E-state index >= 15 is 0 Å². The van der Waals surface area contributed by atoms with Gasteiger partial charge in [0.25, 0.3) is 5.56 Å². The predicted octanol–water partition coefficient (Wildman–Crippen LogP) is -0.345. The van der Waals surface area contributed by atoms with Crippen molar-refractivity contribution in [3.63, 3.8) is 0 Å². The Morgan fingerprint density at radius 3 is 2.94 bits per heavy atom. The Morgan fingerprint density at radius 2 is 2.35 bits per heavy atom. The molecule has 17 heavy (non-hydrogen) atoms. The van der Waals surface area contributed by atoms with Crippen molar-refractivity contribution in [2.24, 2.45) is 0 Å². The molecule has 1 saturated heterocycles. The Hall–Kier alpha value is -2.31. The van der Waals surface area contributed by atoms with Gasteiger partial charge in [-0.15, -0.1) is 0 Å². The molecule has 90 valence electrons. The third-order valence-corrected chi connectivity index (χ3v) is 2.40. The van der Waals surface area contributed by atoms with Crippen molar-refractivity contribution in [3.8, 4) is 0 Å². The van der Waals surface area contributed by atoms with Crippen LogP contribution in [-0.4, -0.2) is 34.4 Å². The molecule has 7 heteroatoms. The van der Waals surface area contributed by atoms with Crippen molar-refractivity contribution in [2.45, 2.75) is 12.6 Å². The second-order valence-electron chi connectivity index (χ2n) is 3.59. The monoisotopic (exact) mass is 238 g/mol. The number of alkyl carbamates (subject to hydrolysis) is 1. The quantitative estimate of drug-likeness (QED) is 0.750. The highest BCUT2D eigenvalue weighted by molar-refractivity contribution is 5.86. The number of carboxylic acid groups (broad SMARTS) is 1. The third kappa shape index (κ3) is 2.27. The number of carbonyl (C=O) groups excluding carboxylic acids is 1. The number of nitrogens with zero attached hydrogens (tertiary/aromatic N) is 1. The van der Waals surface area contributed by atoms with Crippen LogP contribution in [-0.2, 0) is 11.3 Å². The number of amides is 1. The number of hydrogen-bond donors (Lipinski definition) is 2. The minimum absolute atomic E-state index is 0.138. The van der Waals surface area contributed by atoms with Gasteiger partial charge in [-0.1, -0.05) is 0 Å². The summed E-state index contributed by atoms with van der Waals surface area (Å²) < 4.78 is 6.08. The van der Waals surface area contributed by atoms with Crippen molar-refractivity contribution in [1.29, 1.82) is 0 Å². The molecule has 1 atom stereocenters. The van der Waals surface area contributed by atoms with Crippen LogP contribution in [0.25, 0.3) is 0 Å². The van der Waals surface area contributed by atoms with Crippen molar-refractivity contribution < 1.29 is 19.4 Å². The van der Waals surface area contributed by atoms with Gasteiger partial charge in [-0.3, -0.25) is 4.79 Å². The van der Waals surface area contributed by atoms with Crippen LogP contribution in [0.15, 0.2) is 23.1 Å². The number of ether oxygens (including phenoxy) is 1. The zero-order valence-electron chi connectivity index (χ0n) is 8.75. The normalized spacial score (nSPS) is 18.6. The van der Waals surface area contributed by atoms with Crippen LogP contribution in [0.3, 0.4) is 0 Å². The van der Waals surface area contributed by atoms with Crippen LogP contribution in [0.4, 0.5) is 4.79 Å². The smallest absolute Gasteiger partial charge is 0.407 e. The van der Waals surface area contributed by atoms with E-state index in [4.69, 9.17) is 9.84 Å². The van der Waals surface area contributed by atoms with E-state index < -0.39 is 23.7 Å². The molecule has 0 saturated carbocycles. The molecule has 0 bridgehead atoms. The molecule has 0 spiro atoms. The minimum atomic E-state index is -1.27. The van der Waals surface area contributed by atoms with Crippen LogP contribution in [0, 0.1) is 0 Å². The number of pyridine rings is 1. The summed E-state index contributed by atoms with van der Waals surface area (Å²) in [6.45, 7) is 0.446. The van der Waals surface area contributed by atoms with E-state index in [0.717, 1.165) is 0 Å². The van der Waals surface area contributed by atoms with E-state index in [-0.39, 0.29) is 12.1 Å². The van der Waals surface area contributed by atoms with E-state index in [1.807, 2.05) is 0 Å². The molecule has 1 aliphatic heterocycles. The van der Waals surface area contributed by atoms with Gasteiger partial charge in [0.15, 0.2) is 0 Å². The lowest BCUT2D eigenvalue weighted by Gasteiger charge is -2.10. The zero-order valence-corrected chi connectivity index (χ0v) is 8.75. The second-order valence-corrected chi connectivity index (χ2v) is 3.59. The number of carboxylic acids is 1. The SMILES string of the molecule is O=C1NCC(Cn2cccc(C(=O)O)c2=O)O1. The summed E-state index contributed by atoms with van der Waals surface area (Å²) in [4.78, 5) is 33.2. The Balaban J connectivity index is 2.22. The average molecular weight is 238 g/mol. The zero-order chi connectivity index (χ0) is 12.4. The molecule has 2 rings (SSSR count). The minimum Gasteiger partial charge on any atom is -0.477 e. The maximum atomic E-state index is 11.7. The summed E-state index contributed by atoms with van der Waals surface area (Å²) in [6.07, 6.45) is 0.475. The van der Waals surface area contributed by atoms with E-state index in [1.165, 1.54) is 22.9 Å². The maximum absolute atomic E-state index is 11.7. The Kier molecular flexibility index (Phi) is 2.82. The fourth-order valence-electron chi connectivity index (χ4n) is 1.60. The third-order valence-electron chi connectivity index (χ3n) is 2.40. The van der Waals surface area contributed by atoms with Gasteiger partial charge in [-0.05, 0) is 12.1 Å². The van der Waals surface area contributed by atoms with Crippen LogP contribution >= 0.6 is 0 Å². The number of hydrogen-bond acceptors (Lipinski definition) is 4. The largest absolute Gasteiger partial charge is 0.477 e. The molecule has 7 nitrogen and oxygen atoms in total. The number of rotatable bonds is 3. The summed E-state index contributed by atoms with van der Waals surface area (Å²) in [5.41, 5.74) is -0.910. The van der Waals surface area contributed by atoms with Crippen molar-refractivity contribution in [3.05, 3.63) is 34.2 Å². The average Bonchev–Trinajstić information content (AvgIpc) is 2.67. The maximum Gasteiger partial charge on any atom is 0.407 e. The molecule has 2 N–H and O–H groups in total. The molecule has 0 aromatic carbocycles. The predicted molar refractivity (Wildman–Crippen MR) is 55.9 cm³/mol. The lowest BCUT2D eigenvalue weighted by molar-refractivity contribution is 0.0693. The van der Waals surface area contributed by atoms with Gasteiger partial charge in [-0.25, -0.2) is 9.59 Å². The van der Waals surface area contributed by atoms with Gasteiger partial charge in [0.2, 0.25) is 0 Å². The number of cyclic esters (lactones) is 1. The van der Waals surface area contributed by atoms with Crippen LogP contribution < -0.4 is 10.9 Å². The fourth-order valence-corrected chi connectivity index (χ4v) is 1.60. The number of carbonyl (C=O) groups is 2. The highest BCUT2D eigenvalue weighted by Crippen LogP contribution is 2.02. The van der Waals surface area contributed by atoms with Crippen LogP contribution in [0.1, 0.15) is 10.4 Å². The van der Waals surface area contributed by atoms with Gasteiger partial charge in [0.1, 0.15) is 11.7 Å². The van der Waals surface area contributed by atoms with Gasteiger partial charge >= 0.3 is 12.1 Å². The van der Waals surface area contributed by atoms with Gasteiger partial charge in [-0.2, -0.15) is 0 Å². The van der Waals surface area contributed by atoms with E-state index in [0.29, 0.717) is 6.54 Å². The molecule has 1 fully saturated rings. The van der Waals surface area contributed by atoms with E-state index in [9.17, 15) is 14.4 Å². The molecule has 2 heterocycles. The first-order valence-electron chi connectivity index (χ1n) is 4.95. The number of aromatic nitrogens is 1. The van der Waals surface area contributed by atoms with Crippen LogP contribution in [0.2, 0.25) is 0 Å². The standard InChI is InChI=1S/C10H10N2O5/c13-8-7(9(14)15)2-1-3-12(8)5-6-4-11-10(16)17-6/h1-3,6H,4-5H2,(H,11,16)(H,14,15). The number of nitrogens with one attached hydrogen (secondary N) is 1. The second kappa shape index (κ2) is 4.28. The van der Waals surface area contributed by atoms with Gasteiger partial charge in [0, 0.05) is 6.20 Å². The molecule has 1 aliphatic rings. The fraction of sp³-hybridized carbons (Fsp3) is 0.300. The highest BCUT2D eigenvalue weighted by atomic mass is 16.6. The van der Waals surface area contributed by atoms with E-state index in [2.05, 4.69) is 5.32 Å². The lowest BCUT2D eigenvalue weighted by Crippen LogP contribution is -2.31. The Morgan fingerprint density at radius 1 is 1.59 bits per heavy atom. The molecule has 1 amide bonds. The van der Waals surface area contributed by atoms with Crippen molar-refractivity contribution in [2.75, 3.05) is 6.54 Å². The molecular weight excluding hydrogens is 228 g/mol. The van der Waals surface area contributed by atoms with Gasteiger partial charge in [0.05, 0.1) is 13.1 Å². The summed E-state index contributed by atoms with van der Waals surface area (Å²) in [6, 6.07) is 2.70. The summed E-state index contributed by atoms with van der Waals surface area (Å²) >= 11 is 0. The number of aromatic carboxylic acids is 1. The summed E-state index contributed by atoms with van der Waals surface area (Å²) in [5.74, 6) is -1.27. The topological polar surface area (TPSA) is 97.6 Å². The molecular formula is C10H10N2O5. The molecule has 1 aromatic rings. The highest BCUT2D eigenvalue weighted by Gasteiger charge is 2.23. The first-order chi connectivity index (χ1) is 8.08. The van der Waals surface area contributed by atoms with Crippen molar-refractivity contribution >= 4 is 12.1 Å². The summed E-state index contributed by atoms with van der Waals surface area (Å²) in [7, 11) is 0. The van der Waals surface area contributed by atoms with Crippen LogP contribution in [0.5, 0.6) is 0 Å². The molecule has 1 aromatic heterocycles. The summed E-state index contributed by atoms with van der Waals surface area (Å²) in [5, 5.41) is 11.2. The molecule has 1 unspecified atom stereocenters. The Bertz CT molecular complexity index is 522. The van der Waals surface area contributed by atoms with Crippen molar-refractivity contribution in [1.82, 2.24) is 9.88 Å². The molecule has 0 aliphatic carbocycles. The first kappa shape index (κ1) is 11.2. The van der Waals surface area contributed by atoms with Gasteiger partial charge < -0.3 is 19.7 Å². The Labute approximate surface area is 95.6 Å². The van der Waals surface area contributed by atoms with E-state index in [1.54, 1.807) is 0 Å². The molecule has 0 radical (unpaired) electrons. The lowest BCUT2D eigenvalue weighted by atomic mass is 10.2.